The molecule has 0 aliphatic rings. The predicted molar refractivity (Wildman–Crippen MR) is 88.7 cm³/mol. The SMILES string of the molecule is O=C(O)COc1cccc(O)c1C(=O)/C=C/c1ccc(Br)cc1. The van der Waals surface area contributed by atoms with Crippen molar-refractivity contribution in [2.45, 2.75) is 0 Å². The molecule has 0 saturated carbocycles. The number of phenolic OH excluding ortho intramolecular Hbond substituents is 1. The Morgan fingerprint density at radius 2 is 1.83 bits per heavy atom. The Bertz CT molecular complexity index is 750. The number of allylic oxidation sites excluding steroid dienone is 1. The van der Waals surface area contributed by atoms with Crippen molar-refractivity contribution in [3.05, 3.63) is 64.1 Å². The molecule has 2 rings (SSSR count). The minimum Gasteiger partial charge on any atom is -0.507 e. The number of benzene rings is 2. The Kier molecular flexibility index (Phi) is 5.54. The number of rotatable bonds is 6. The highest BCUT2D eigenvalue weighted by atomic mass is 79.9. The standard InChI is InChI=1S/C17H13BrO5/c18-12-7-4-11(5-8-12)6-9-14(20)17-13(19)2-1-3-15(17)23-10-16(21)22/h1-9,19H,10H2,(H,21,22)/b9-6+. The van der Waals surface area contributed by atoms with Crippen molar-refractivity contribution < 1.29 is 24.5 Å². The number of ether oxygens (including phenoxy) is 1. The maximum atomic E-state index is 12.3. The summed E-state index contributed by atoms with van der Waals surface area (Å²) >= 11 is 3.32. The summed E-state index contributed by atoms with van der Waals surface area (Å²) in [7, 11) is 0. The van der Waals surface area contributed by atoms with Crippen molar-refractivity contribution >= 4 is 33.8 Å². The zero-order valence-electron chi connectivity index (χ0n) is 11.9. The summed E-state index contributed by atoms with van der Waals surface area (Å²) in [5, 5.41) is 18.5. The second-order valence-corrected chi connectivity index (χ2v) is 5.50. The number of hydrogen-bond donors (Lipinski definition) is 2. The molecule has 0 aliphatic carbocycles. The Hall–Kier alpha value is -2.60. The third-order valence-corrected chi connectivity index (χ3v) is 3.43. The lowest BCUT2D eigenvalue weighted by Gasteiger charge is -2.09. The molecule has 5 nitrogen and oxygen atoms in total. The fourth-order valence-electron chi connectivity index (χ4n) is 1.86. The van der Waals surface area contributed by atoms with E-state index in [0.717, 1.165) is 10.0 Å². The Morgan fingerprint density at radius 1 is 1.13 bits per heavy atom. The molecule has 0 amide bonds. The van der Waals surface area contributed by atoms with Gasteiger partial charge in [0.25, 0.3) is 0 Å². The zero-order valence-corrected chi connectivity index (χ0v) is 13.5. The molecule has 118 valence electrons. The number of carboxylic acid groups (broad SMARTS) is 1. The van der Waals surface area contributed by atoms with Crippen molar-refractivity contribution in [1.29, 1.82) is 0 Å². The van der Waals surface area contributed by atoms with Crippen LogP contribution >= 0.6 is 15.9 Å². The van der Waals surface area contributed by atoms with Gasteiger partial charge in [-0.05, 0) is 35.9 Å². The van der Waals surface area contributed by atoms with Gasteiger partial charge in [0.1, 0.15) is 17.1 Å². The van der Waals surface area contributed by atoms with Crippen LogP contribution in [0.5, 0.6) is 11.5 Å². The van der Waals surface area contributed by atoms with Crippen LogP contribution < -0.4 is 4.74 Å². The van der Waals surface area contributed by atoms with Gasteiger partial charge in [-0.1, -0.05) is 40.2 Å². The molecule has 0 atom stereocenters. The number of aromatic hydroxyl groups is 1. The lowest BCUT2D eigenvalue weighted by atomic mass is 10.1. The van der Waals surface area contributed by atoms with Crippen LogP contribution in [0.25, 0.3) is 6.08 Å². The van der Waals surface area contributed by atoms with Gasteiger partial charge in [0, 0.05) is 4.47 Å². The van der Waals surface area contributed by atoms with Gasteiger partial charge < -0.3 is 14.9 Å². The Balaban J connectivity index is 2.24. The molecule has 23 heavy (non-hydrogen) atoms. The van der Waals surface area contributed by atoms with Crippen LogP contribution in [0.3, 0.4) is 0 Å². The first-order valence-corrected chi connectivity index (χ1v) is 7.41. The number of carbonyl (C=O) groups excluding carboxylic acids is 1. The van der Waals surface area contributed by atoms with Crippen LogP contribution in [0, 0.1) is 0 Å². The van der Waals surface area contributed by atoms with Crippen LogP contribution in [0.4, 0.5) is 0 Å². The average Bonchev–Trinajstić information content (AvgIpc) is 2.52. The number of phenols is 1. The van der Waals surface area contributed by atoms with Gasteiger partial charge >= 0.3 is 5.97 Å². The minimum absolute atomic E-state index is 0.0258. The molecule has 0 radical (unpaired) electrons. The maximum Gasteiger partial charge on any atom is 0.341 e. The summed E-state index contributed by atoms with van der Waals surface area (Å²) in [6, 6.07) is 11.6. The molecule has 6 heteroatoms. The molecule has 0 heterocycles. The second kappa shape index (κ2) is 7.60. The summed E-state index contributed by atoms with van der Waals surface area (Å²) in [6.45, 7) is -0.597. The third kappa shape index (κ3) is 4.69. The number of hydrogen-bond acceptors (Lipinski definition) is 4. The molecule has 0 saturated heterocycles. The lowest BCUT2D eigenvalue weighted by molar-refractivity contribution is -0.139. The van der Waals surface area contributed by atoms with Crippen molar-refractivity contribution in [2.75, 3.05) is 6.61 Å². The first-order chi connectivity index (χ1) is 11.0. The average molecular weight is 377 g/mol. The van der Waals surface area contributed by atoms with Gasteiger partial charge in [-0.15, -0.1) is 0 Å². The summed E-state index contributed by atoms with van der Waals surface area (Å²) in [5.41, 5.74) is 0.743. The Labute approximate surface area is 141 Å². The summed E-state index contributed by atoms with van der Waals surface area (Å²) in [4.78, 5) is 22.9. The molecule has 0 fully saturated rings. The molecular weight excluding hydrogens is 364 g/mol. The fraction of sp³-hybridized carbons (Fsp3) is 0.0588. The lowest BCUT2D eigenvalue weighted by Crippen LogP contribution is -2.11. The summed E-state index contributed by atoms with van der Waals surface area (Å²) < 4.78 is 5.97. The summed E-state index contributed by atoms with van der Waals surface area (Å²) in [5.74, 6) is -1.89. The molecule has 2 aromatic carbocycles. The quantitative estimate of drug-likeness (QED) is 0.595. The van der Waals surface area contributed by atoms with Crippen molar-refractivity contribution in [3.63, 3.8) is 0 Å². The van der Waals surface area contributed by atoms with Gasteiger partial charge in [-0.3, -0.25) is 4.79 Å². The van der Waals surface area contributed by atoms with Crippen molar-refractivity contribution in [3.8, 4) is 11.5 Å². The van der Waals surface area contributed by atoms with Gasteiger partial charge in [-0.2, -0.15) is 0 Å². The number of aliphatic carboxylic acids is 1. The van der Waals surface area contributed by atoms with E-state index in [1.165, 1.54) is 24.3 Å². The van der Waals surface area contributed by atoms with E-state index in [-0.39, 0.29) is 17.1 Å². The van der Waals surface area contributed by atoms with Crippen LogP contribution in [0.2, 0.25) is 0 Å². The third-order valence-electron chi connectivity index (χ3n) is 2.90. The molecule has 2 aromatic rings. The molecule has 0 aromatic heterocycles. The first kappa shape index (κ1) is 16.8. The molecule has 0 aliphatic heterocycles. The minimum atomic E-state index is -1.17. The normalized spacial score (nSPS) is 10.7. The smallest absolute Gasteiger partial charge is 0.341 e. The van der Waals surface area contributed by atoms with E-state index in [9.17, 15) is 14.7 Å². The molecule has 2 N–H and O–H groups in total. The van der Waals surface area contributed by atoms with Crippen molar-refractivity contribution in [1.82, 2.24) is 0 Å². The summed E-state index contributed by atoms with van der Waals surface area (Å²) in [6.07, 6.45) is 2.90. The van der Waals surface area contributed by atoms with Crippen LogP contribution in [-0.4, -0.2) is 28.6 Å². The van der Waals surface area contributed by atoms with Gasteiger partial charge in [0.05, 0.1) is 0 Å². The molecular formula is C17H13BrO5. The van der Waals surface area contributed by atoms with Crippen LogP contribution in [-0.2, 0) is 4.79 Å². The van der Waals surface area contributed by atoms with Gasteiger partial charge in [-0.25, -0.2) is 4.79 Å². The first-order valence-electron chi connectivity index (χ1n) is 6.62. The maximum absolute atomic E-state index is 12.3. The van der Waals surface area contributed by atoms with Gasteiger partial charge in [0.2, 0.25) is 0 Å². The molecule has 0 bridgehead atoms. The van der Waals surface area contributed by atoms with E-state index in [0.29, 0.717) is 0 Å². The molecule has 0 spiro atoms. The monoisotopic (exact) mass is 376 g/mol. The number of halogens is 1. The van der Waals surface area contributed by atoms with E-state index in [1.54, 1.807) is 6.08 Å². The van der Waals surface area contributed by atoms with E-state index >= 15 is 0 Å². The van der Waals surface area contributed by atoms with E-state index in [1.807, 2.05) is 24.3 Å². The number of carboxylic acids is 1. The van der Waals surface area contributed by atoms with Crippen LogP contribution in [0.1, 0.15) is 15.9 Å². The predicted octanol–water partition coefficient (Wildman–Crippen LogP) is 3.51. The highest BCUT2D eigenvalue weighted by molar-refractivity contribution is 9.10. The largest absolute Gasteiger partial charge is 0.507 e. The number of carbonyl (C=O) groups is 2. The molecule has 0 unspecified atom stereocenters. The van der Waals surface area contributed by atoms with Crippen LogP contribution in [0.15, 0.2) is 53.0 Å². The fourth-order valence-corrected chi connectivity index (χ4v) is 2.12. The Morgan fingerprint density at radius 3 is 2.48 bits per heavy atom. The number of ketones is 1. The topological polar surface area (TPSA) is 83.8 Å². The van der Waals surface area contributed by atoms with E-state index in [2.05, 4.69) is 15.9 Å². The second-order valence-electron chi connectivity index (χ2n) is 4.58. The highest BCUT2D eigenvalue weighted by Gasteiger charge is 2.16. The van der Waals surface area contributed by atoms with Gasteiger partial charge in [0.15, 0.2) is 12.4 Å². The van der Waals surface area contributed by atoms with Crippen molar-refractivity contribution in [2.24, 2.45) is 0 Å². The van der Waals surface area contributed by atoms with E-state index in [4.69, 9.17) is 9.84 Å². The zero-order chi connectivity index (χ0) is 16.8. The van der Waals surface area contributed by atoms with E-state index < -0.39 is 18.4 Å². The highest BCUT2D eigenvalue weighted by Crippen LogP contribution is 2.28.